The van der Waals surface area contributed by atoms with Crippen molar-refractivity contribution in [2.24, 2.45) is 5.92 Å². The third-order valence-electron chi connectivity index (χ3n) is 3.40. The summed E-state index contributed by atoms with van der Waals surface area (Å²) in [6.45, 7) is 2.21. The topological polar surface area (TPSA) is 77.8 Å². The lowest BCUT2D eigenvalue weighted by Gasteiger charge is -2.23. The first kappa shape index (κ1) is 13.9. The summed E-state index contributed by atoms with van der Waals surface area (Å²) in [5, 5.41) is 19.0. The van der Waals surface area contributed by atoms with Gasteiger partial charge in [0, 0.05) is 11.0 Å². The standard InChI is InChI=1S/C13H14BrNO4/c1-7-4-5-15(11(7)13(18)19)12(17)9-3-2-8(14)6-10(9)16/h2-3,6-7,11,16H,4-5H2,1H3,(H,18,19). The second-order valence-electron chi connectivity index (χ2n) is 4.71. The number of carbonyl (C=O) groups is 2. The Morgan fingerprint density at radius 2 is 2.11 bits per heavy atom. The van der Waals surface area contributed by atoms with Crippen LogP contribution >= 0.6 is 15.9 Å². The predicted molar refractivity (Wildman–Crippen MR) is 72.0 cm³/mol. The fourth-order valence-electron chi connectivity index (χ4n) is 2.39. The molecule has 2 N–H and O–H groups in total. The van der Waals surface area contributed by atoms with E-state index in [4.69, 9.17) is 0 Å². The minimum absolute atomic E-state index is 0.0842. The Morgan fingerprint density at radius 1 is 1.42 bits per heavy atom. The van der Waals surface area contributed by atoms with E-state index in [2.05, 4.69) is 15.9 Å². The number of likely N-dealkylation sites (tertiary alicyclic amines) is 1. The number of nitrogens with zero attached hydrogens (tertiary/aromatic N) is 1. The molecule has 19 heavy (non-hydrogen) atoms. The number of carbonyl (C=O) groups excluding carboxylic acids is 1. The number of halogens is 1. The van der Waals surface area contributed by atoms with Gasteiger partial charge in [-0.15, -0.1) is 0 Å². The number of amides is 1. The third kappa shape index (κ3) is 2.58. The van der Waals surface area contributed by atoms with E-state index >= 15 is 0 Å². The van der Waals surface area contributed by atoms with Gasteiger partial charge in [0.2, 0.25) is 0 Å². The van der Waals surface area contributed by atoms with Crippen LogP contribution in [0.1, 0.15) is 23.7 Å². The smallest absolute Gasteiger partial charge is 0.326 e. The van der Waals surface area contributed by atoms with E-state index in [1.54, 1.807) is 6.07 Å². The van der Waals surface area contributed by atoms with E-state index in [9.17, 15) is 19.8 Å². The van der Waals surface area contributed by atoms with Crippen LogP contribution in [0.3, 0.4) is 0 Å². The highest BCUT2D eigenvalue weighted by atomic mass is 79.9. The zero-order chi connectivity index (χ0) is 14.2. The van der Waals surface area contributed by atoms with Gasteiger partial charge < -0.3 is 15.1 Å². The van der Waals surface area contributed by atoms with Gasteiger partial charge in [-0.1, -0.05) is 22.9 Å². The van der Waals surface area contributed by atoms with E-state index in [0.29, 0.717) is 17.4 Å². The second-order valence-corrected chi connectivity index (χ2v) is 5.62. The first-order valence-corrected chi connectivity index (χ1v) is 6.73. The molecule has 0 radical (unpaired) electrons. The molecular formula is C13H14BrNO4. The van der Waals surface area contributed by atoms with Crippen LogP contribution in [-0.4, -0.2) is 39.6 Å². The van der Waals surface area contributed by atoms with Gasteiger partial charge in [-0.2, -0.15) is 0 Å². The monoisotopic (exact) mass is 327 g/mol. The Balaban J connectivity index is 2.31. The summed E-state index contributed by atoms with van der Waals surface area (Å²) in [5.74, 6) is -1.68. The second kappa shape index (κ2) is 5.21. The Hall–Kier alpha value is -1.56. The van der Waals surface area contributed by atoms with Crippen molar-refractivity contribution in [2.45, 2.75) is 19.4 Å². The average Bonchev–Trinajstić information content (AvgIpc) is 2.70. The molecule has 0 aliphatic carbocycles. The van der Waals surface area contributed by atoms with Gasteiger partial charge in [0.05, 0.1) is 5.56 Å². The number of aromatic hydroxyl groups is 1. The summed E-state index contributed by atoms with van der Waals surface area (Å²) in [6.07, 6.45) is 0.653. The molecule has 1 fully saturated rings. The van der Waals surface area contributed by atoms with Gasteiger partial charge in [-0.05, 0) is 30.5 Å². The molecule has 1 heterocycles. The minimum atomic E-state index is -1.00. The minimum Gasteiger partial charge on any atom is -0.507 e. The average molecular weight is 328 g/mol. The molecule has 5 nitrogen and oxygen atoms in total. The molecule has 2 rings (SSSR count). The molecule has 6 heteroatoms. The summed E-state index contributed by atoms with van der Waals surface area (Å²) < 4.78 is 0.658. The Morgan fingerprint density at radius 3 is 2.68 bits per heavy atom. The summed E-state index contributed by atoms with van der Waals surface area (Å²) >= 11 is 3.19. The highest BCUT2D eigenvalue weighted by Gasteiger charge is 2.40. The highest BCUT2D eigenvalue weighted by Crippen LogP contribution is 2.29. The maximum Gasteiger partial charge on any atom is 0.326 e. The lowest BCUT2D eigenvalue weighted by molar-refractivity contribution is -0.142. The van der Waals surface area contributed by atoms with Crippen LogP contribution in [0.5, 0.6) is 5.75 Å². The molecule has 1 aliphatic heterocycles. The number of benzene rings is 1. The Bertz CT molecular complexity index is 531. The van der Waals surface area contributed by atoms with Gasteiger partial charge in [-0.25, -0.2) is 4.79 Å². The van der Waals surface area contributed by atoms with Crippen LogP contribution in [0.4, 0.5) is 0 Å². The predicted octanol–water partition coefficient (Wildman–Crippen LogP) is 2.09. The van der Waals surface area contributed by atoms with Gasteiger partial charge in [0.1, 0.15) is 11.8 Å². The molecule has 0 saturated carbocycles. The van der Waals surface area contributed by atoms with Crippen molar-refractivity contribution >= 4 is 27.8 Å². The molecule has 1 aromatic rings. The van der Waals surface area contributed by atoms with Crippen molar-refractivity contribution < 1.29 is 19.8 Å². The first-order valence-electron chi connectivity index (χ1n) is 5.94. The van der Waals surface area contributed by atoms with Crippen LogP contribution < -0.4 is 0 Å². The fourth-order valence-corrected chi connectivity index (χ4v) is 2.74. The summed E-state index contributed by atoms with van der Waals surface area (Å²) in [5.41, 5.74) is 0.128. The number of phenols is 1. The van der Waals surface area contributed by atoms with Gasteiger partial charge >= 0.3 is 5.97 Å². The third-order valence-corrected chi connectivity index (χ3v) is 3.90. The molecule has 0 bridgehead atoms. The normalized spacial score (nSPS) is 22.5. The molecule has 0 spiro atoms. The zero-order valence-corrected chi connectivity index (χ0v) is 11.9. The SMILES string of the molecule is CC1CCN(C(=O)c2ccc(Br)cc2O)C1C(=O)O. The zero-order valence-electron chi connectivity index (χ0n) is 10.3. The van der Waals surface area contributed by atoms with Gasteiger partial charge in [0.25, 0.3) is 5.91 Å². The molecule has 1 aliphatic rings. The molecule has 2 unspecified atom stereocenters. The lowest BCUT2D eigenvalue weighted by atomic mass is 10.0. The van der Waals surface area contributed by atoms with Gasteiger partial charge in [0.15, 0.2) is 0 Å². The maximum absolute atomic E-state index is 12.3. The number of carboxylic acid groups (broad SMARTS) is 1. The molecule has 1 saturated heterocycles. The van der Waals surface area contributed by atoms with Crippen LogP contribution in [-0.2, 0) is 4.79 Å². The summed E-state index contributed by atoms with van der Waals surface area (Å²) in [6, 6.07) is 3.73. The highest BCUT2D eigenvalue weighted by molar-refractivity contribution is 9.10. The number of rotatable bonds is 2. The Kier molecular flexibility index (Phi) is 3.80. The molecule has 0 aromatic heterocycles. The van der Waals surface area contributed by atoms with Crippen molar-refractivity contribution in [1.82, 2.24) is 4.90 Å². The summed E-state index contributed by atoms with van der Waals surface area (Å²) in [4.78, 5) is 24.9. The number of hydrogen-bond acceptors (Lipinski definition) is 3. The largest absolute Gasteiger partial charge is 0.507 e. The van der Waals surface area contributed by atoms with E-state index in [1.807, 2.05) is 6.92 Å². The molecule has 102 valence electrons. The number of aliphatic carboxylic acids is 1. The Labute approximate surface area is 119 Å². The van der Waals surface area contributed by atoms with Crippen molar-refractivity contribution in [1.29, 1.82) is 0 Å². The van der Waals surface area contributed by atoms with Crippen molar-refractivity contribution in [3.8, 4) is 5.75 Å². The first-order chi connectivity index (χ1) is 8.91. The molecule has 1 aromatic carbocycles. The van der Waals surface area contributed by atoms with Crippen LogP contribution in [0.15, 0.2) is 22.7 Å². The van der Waals surface area contributed by atoms with E-state index in [0.717, 1.165) is 0 Å². The van der Waals surface area contributed by atoms with Crippen LogP contribution in [0.2, 0.25) is 0 Å². The maximum atomic E-state index is 12.3. The van der Waals surface area contributed by atoms with Crippen LogP contribution in [0, 0.1) is 5.92 Å². The molecular weight excluding hydrogens is 314 g/mol. The van der Waals surface area contributed by atoms with Gasteiger partial charge in [-0.3, -0.25) is 4.79 Å². The number of hydrogen-bond donors (Lipinski definition) is 2. The van der Waals surface area contributed by atoms with E-state index in [1.165, 1.54) is 17.0 Å². The number of carboxylic acids is 1. The molecule has 2 atom stereocenters. The quantitative estimate of drug-likeness (QED) is 0.871. The van der Waals surface area contributed by atoms with Crippen molar-refractivity contribution in [2.75, 3.05) is 6.54 Å². The van der Waals surface area contributed by atoms with Crippen molar-refractivity contribution in [3.05, 3.63) is 28.2 Å². The van der Waals surface area contributed by atoms with Crippen LogP contribution in [0.25, 0.3) is 0 Å². The van der Waals surface area contributed by atoms with E-state index < -0.39 is 17.9 Å². The fraction of sp³-hybridized carbons (Fsp3) is 0.385. The number of phenolic OH excluding ortho intramolecular Hbond substituents is 1. The van der Waals surface area contributed by atoms with Crippen molar-refractivity contribution in [3.63, 3.8) is 0 Å². The summed E-state index contributed by atoms with van der Waals surface area (Å²) in [7, 11) is 0. The lowest BCUT2D eigenvalue weighted by Crippen LogP contribution is -2.42. The van der Waals surface area contributed by atoms with E-state index in [-0.39, 0.29) is 17.2 Å². The molecule has 1 amide bonds.